The Kier molecular flexibility index (Phi) is 4.51. The van der Waals surface area contributed by atoms with E-state index < -0.39 is 0 Å². The zero-order valence-electron chi connectivity index (χ0n) is 13.8. The highest BCUT2D eigenvalue weighted by Gasteiger charge is 2.35. The van der Waals surface area contributed by atoms with Gasteiger partial charge in [-0.15, -0.1) is 0 Å². The number of para-hydroxylation sites is 1. The molecule has 0 saturated heterocycles. The van der Waals surface area contributed by atoms with Gasteiger partial charge >= 0.3 is 0 Å². The monoisotopic (exact) mass is 324 g/mol. The lowest BCUT2D eigenvalue weighted by Gasteiger charge is -2.24. The zero-order valence-corrected chi connectivity index (χ0v) is 13.8. The van der Waals surface area contributed by atoms with Gasteiger partial charge in [0.05, 0.1) is 12.7 Å². The maximum absolute atomic E-state index is 13.0. The molecule has 1 fully saturated rings. The maximum atomic E-state index is 13.0. The molecule has 5 heteroatoms. The first kappa shape index (κ1) is 16.1. The second-order valence-electron chi connectivity index (χ2n) is 5.83. The van der Waals surface area contributed by atoms with E-state index in [1.807, 2.05) is 41.3 Å². The van der Waals surface area contributed by atoms with Crippen LogP contribution in [0.2, 0.25) is 0 Å². The fourth-order valence-corrected chi connectivity index (χ4v) is 2.69. The van der Waals surface area contributed by atoms with Gasteiger partial charge in [-0.2, -0.15) is 0 Å². The molecule has 2 aromatic rings. The van der Waals surface area contributed by atoms with Gasteiger partial charge in [0.25, 0.3) is 5.91 Å². The van der Waals surface area contributed by atoms with Crippen molar-refractivity contribution in [1.82, 2.24) is 0 Å². The summed E-state index contributed by atoms with van der Waals surface area (Å²) in [6, 6.07) is 14.8. The predicted octanol–water partition coefficient (Wildman–Crippen LogP) is 3.46. The molecular weight excluding hydrogens is 304 g/mol. The lowest BCUT2D eigenvalue weighted by Crippen LogP contribution is -2.33. The van der Waals surface area contributed by atoms with Crippen LogP contribution in [0.15, 0.2) is 48.5 Å². The summed E-state index contributed by atoms with van der Waals surface area (Å²) in [5.74, 6) is 0.386. The number of rotatable bonds is 5. The first-order valence-corrected chi connectivity index (χ1v) is 7.94. The van der Waals surface area contributed by atoms with Crippen molar-refractivity contribution in [2.24, 2.45) is 0 Å². The number of hydrogen-bond acceptors (Lipinski definition) is 3. The molecule has 5 nitrogen and oxygen atoms in total. The largest absolute Gasteiger partial charge is 0.496 e. The van der Waals surface area contributed by atoms with Crippen molar-refractivity contribution >= 4 is 23.2 Å². The normalized spacial score (nSPS) is 13.2. The van der Waals surface area contributed by atoms with Crippen LogP contribution in [0.3, 0.4) is 0 Å². The number of benzene rings is 2. The van der Waals surface area contributed by atoms with E-state index in [0.29, 0.717) is 17.0 Å². The molecule has 0 bridgehead atoms. The summed E-state index contributed by atoms with van der Waals surface area (Å²) >= 11 is 0. The number of nitrogens with one attached hydrogen (secondary N) is 1. The third-order valence-corrected chi connectivity index (χ3v) is 3.93. The van der Waals surface area contributed by atoms with E-state index in [1.54, 1.807) is 19.2 Å². The van der Waals surface area contributed by atoms with Crippen LogP contribution in [0.4, 0.5) is 11.4 Å². The van der Waals surface area contributed by atoms with Gasteiger partial charge in [-0.25, -0.2) is 0 Å². The van der Waals surface area contributed by atoms with Crippen molar-refractivity contribution < 1.29 is 14.3 Å². The summed E-state index contributed by atoms with van der Waals surface area (Å²) in [7, 11) is 1.57. The minimum Gasteiger partial charge on any atom is -0.496 e. The first-order chi connectivity index (χ1) is 11.6. The van der Waals surface area contributed by atoms with Gasteiger partial charge in [0.1, 0.15) is 5.75 Å². The molecule has 0 aromatic heterocycles. The highest BCUT2D eigenvalue weighted by molar-refractivity contribution is 6.08. The average molecular weight is 324 g/mol. The minimum absolute atomic E-state index is 0.0674. The van der Waals surface area contributed by atoms with Crippen LogP contribution < -0.4 is 15.0 Å². The highest BCUT2D eigenvalue weighted by Crippen LogP contribution is 2.35. The molecule has 0 radical (unpaired) electrons. The molecule has 2 aromatic carbocycles. The maximum Gasteiger partial charge on any atom is 0.262 e. The SMILES string of the molecule is COc1ccccc1C(=O)N(c1ccc(NC(C)=O)cc1)C1CC1. The summed E-state index contributed by atoms with van der Waals surface area (Å²) in [6.45, 7) is 1.47. The van der Waals surface area contributed by atoms with Crippen LogP contribution in [-0.2, 0) is 4.79 Å². The van der Waals surface area contributed by atoms with E-state index in [0.717, 1.165) is 18.5 Å². The summed E-state index contributed by atoms with van der Waals surface area (Å²) in [6.07, 6.45) is 1.99. The molecule has 1 aliphatic rings. The second kappa shape index (κ2) is 6.74. The van der Waals surface area contributed by atoms with Gasteiger partial charge in [-0.05, 0) is 49.2 Å². The highest BCUT2D eigenvalue weighted by atomic mass is 16.5. The number of nitrogens with zero attached hydrogens (tertiary/aromatic N) is 1. The average Bonchev–Trinajstić information content (AvgIpc) is 3.41. The van der Waals surface area contributed by atoms with Crippen molar-refractivity contribution in [1.29, 1.82) is 0 Å². The molecule has 0 aliphatic heterocycles. The first-order valence-electron chi connectivity index (χ1n) is 7.94. The minimum atomic E-state index is -0.119. The molecule has 1 aliphatic carbocycles. The lowest BCUT2D eigenvalue weighted by molar-refractivity contribution is -0.114. The summed E-state index contributed by atoms with van der Waals surface area (Å²) < 4.78 is 5.32. The lowest BCUT2D eigenvalue weighted by atomic mass is 10.1. The van der Waals surface area contributed by atoms with Crippen LogP contribution >= 0.6 is 0 Å². The van der Waals surface area contributed by atoms with Crippen LogP contribution in [0.25, 0.3) is 0 Å². The standard InChI is InChI=1S/C19H20N2O3/c1-13(22)20-14-7-9-15(10-8-14)21(16-11-12-16)19(23)17-5-3-4-6-18(17)24-2/h3-10,16H,11-12H2,1-2H3,(H,20,22). The Bertz CT molecular complexity index is 751. The van der Waals surface area contributed by atoms with Gasteiger partial charge in [0.15, 0.2) is 0 Å². The van der Waals surface area contributed by atoms with E-state index in [2.05, 4.69) is 5.32 Å². The molecule has 2 amide bonds. The third kappa shape index (κ3) is 3.40. The number of methoxy groups -OCH3 is 1. The van der Waals surface area contributed by atoms with Crippen LogP contribution in [0, 0.1) is 0 Å². The van der Waals surface area contributed by atoms with Crippen molar-refractivity contribution in [2.45, 2.75) is 25.8 Å². The van der Waals surface area contributed by atoms with Crippen LogP contribution in [0.5, 0.6) is 5.75 Å². The fraction of sp³-hybridized carbons (Fsp3) is 0.263. The smallest absolute Gasteiger partial charge is 0.262 e. The Balaban J connectivity index is 1.90. The molecule has 124 valence electrons. The molecule has 0 atom stereocenters. The van der Waals surface area contributed by atoms with Crippen molar-refractivity contribution in [3.8, 4) is 5.75 Å². The Morgan fingerprint density at radius 3 is 2.33 bits per heavy atom. The van der Waals surface area contributed by atoms with E-state index in [4.69, 9.17) is 4.74 Å². The Morgan fingerprint density at radius 1 is 1.08 bits per heavy atom. The number of anilines is 2. The van der Waals surface area contributed by atoms with E-state index in [1.165, 1.54) is 6.92 Å². The summed E-state index contributed by atoms with van der Waals surface area (Å²) in [5.41, 5.74) is 2.09. The number of carbonyl (C=O) groups is 2. The molecule has 0 heterocycles. The van der Waals surface area contributed by atoms with Crippen molar-refractivity contribution in [3.63, 3.8) is 0 Å². The zero-order chi connectivity index (χ0) is 17.1. The Morgan fingerprint density at radius 2 is 1.75 bits per heavy atom. The Labute approximate surface area is 141 Å². The van der Waals surface area contributed by atoms with Gasteiger partial charge < -0.3 is 15.0 Å². The van der Waals surface area contributed by atoms with E-state index in [-0.39, 0.29) is 17.9 Å². The quantitative estimate of drug-likeness (QED) is 0.916. The molecule has 3 rings (SSSR count). The van der Waals surface area contributed by atoms with Gasteiger partial charge in [-0.1, -0.05) is 12.1 Å². The number of amides is 2. The molecule has 1 saturated carbocycles. The van der Waals surface area contributed by atoms with Gasteiger partial charge in [0.2, 0.25) is 5.91 Å². The number of ether oxygens (including phenoxy) is 1. The van der Waals surface area contributed by atoms with E-state index in [9.17, 15) is 9.59 Å². The van der Waals surface area contributed by atoms with E-state index >= 15 is 0 Å². The second-order valence-corrected chi connectivity index (χ2v) is 5.83. The van der Waals surface area contributed by atoms with Crippen molar-refractivity contribution in [3.05, 3.63) is 54.1 Å². The summed E-state index contributed by atoms with van der Waals surface area (Å²) in [4.78, 5) is 26.0. The molecule has 24 heavy (non-hydrogen) atoms. The van der Waals surface area contributed by atoms with Gasteiger partial charge in [-0.3, -0.25) is 9.59 Å². The summed E-state index contributed by atoms with van der Waals surface area (Å²) in [5, 5.41) is 2.73. The Hall–Kier alpha value is -2.82. The molecule has 1 N–H and O–H groups in total. The van der Waals surface area contributed by atoms with Crippen molar-refractivity contribution in [2.75, 3.05) is 17.3 Å². The molecule has 0 unspecified atom stereocenters. The molecule has 0 spiro atoms. The van der Waals surface area contributed by atoms with Crippen LogP contribution in [-0.4, -0.2) is 25.0 Å². The molecular formula is C19H20N2O3. The van der Waals surface area contributed by atoms with Gasteiger partial charge in [0, 0.05) is 24.3 Å². The number of hydrogen-bond donors (Lipinski definition) is 1. The number of carbonyl (C=O) groups excluding carboxylic acids is 2. The predicted molar refractivity (Wildman–Crippen MR) is 93.6 cm³/mol. The topological polar surface area (TPSA) is 58.6 Å². The fourth-order valence-electron chi connectivity index (χ4n) is 2.69. The van der Waals surface area contributed by atoms with Crippen LogP contribution in [0.1, 0.15) is 30.1 Å². The third-order valence-electron chi connectivity index (χ3n) is 3.93.